The van der Waals surface area contributed by atoms with Crippen LogP contribution in [0.5, 0.6) is 11.5 Å². The average Bonchev–Trinajstić information content (AvgIpc) is 2.78. The maximum Gasteiger partial charge on any atom is 0.514 e. The van der Waals surface area contributed by atoms with Crippen molar-refractivity contribution in [2.75, 3.05) is 0 Å². The molecule has 11 heteroatoms. The predicted molar refractivity (Wildman–Crippen MR) is 138 cm³/mol. The summed E-state index contributed by atoms with van der Waals surface area (Å²) in [7, 11) is 0. The summed E-state index contributed by atoms with van der Waals surface area (Å²) in [6.07, 6.45) is -2.78. The Morgan fingerprint density at radius 2 is 1.39 bits per heavy atom. The Labute approximate surface area is 224 Å². The van der Waals surface area contributed by atoms with Gasteiger partial charge >= 0.3 is 24.2 Å². The van der Waals surface area contributed by atoms with Gasteiger partial charge in [-0.05, 0) is 64.7 Å². The molecule has 0 spiro atoms. The molecule has 38 heavy (non-hydrogen) atoms. The van der Waals surface area contributed by atoms with Crippen LogP contribution in [0.2, 0.25) is 0 Å². The SMILES string of the molecule is CCC(C)N[C@@](Cc1ccc(OC(=O)OC(C)C)c(OC(=O)OC(C)C)c1)(OC(=O)C(C)C(C)C)C(=O)O. The van der Waals surface area contributed by atoms with Gasteiger partial charge in [0.25, 0.3) is 5.72 Å². The molecule has 0 heterocycles. The highest BCUT2D eigenvalue weighted by Gasteiger charge is 2.45. The number of aliphatic carboxylic acids is 1. The van der Waals surface area contributed by atoms with Crippen LogP contribution in [0.1, 0.15) is 74.3 Å². The van der Waals surface area contributed by atoms with Crippen LogP contribution in [0.3, 0.4) is 0 Å². The summed E-state index contributed by atoms with van der Waals surface area (Å²) in [5.74, 6) is -3.07. The van der Waals surface area contributed by atoms with Crippen LogP contribution in [0.15, 0.2) is 18.2 Å². The Morgan fingerprint density at radius 1 is 0.868 bits per heavy atom. The number of esters is 1. The van der Waals surface area contributed by atoms with Gasteiger partial charge in [0.05, 0.1) is 18.1 Å². The predicted octanol–water partition coefficient (Wildman–Crippen LogP) is 5.08. The van der Waals surface area contributed by atoms with E-state index in [0.29, 0.717) is 12.0 Å². The average molecular weight is 540 g/mol. The molecule has 1 rings (SSSR count). The van der Waals surface area contributed by atoms with Crippen LogP contribution < -0.4 is 14.8 Å². The number of benzene rings is 1. The number of ether oxygens (including phenoxy) is 5. The van der Waals surface area contributed by atoms with E-state index in [1.54, 1.807) is 41.5 Å². The fourth-order valence-electron chi connectivity index (χ4n) is 3.06. The van der Waals surface area contributed by atoms with Crippen LogP contribution in [-0.2, 0) is 30.2 Å². The molecule has 2 N–H and O–H groups in total. The minimum atomic E-state index is -2.12. The molecule has 1 aromatic carbocycles. The lowest BCUT2D eigenvalue weighted by Gasteiger charge is -2.34. The summed E-state index contributed by atoms with van der Waals surface area (Å²) < 4.78 is 26.1. The van der Waals surface area contributed by atoms with E-state index < -0.39 is 48.1 Å². The molecular formula is C27H41NO10. The van der Waals surface area contributed by atoms with Gasteiger partial charge in [-0.15, -0.1) is 0 Å². The van der Waals surface area contributed by atoms with E-state index in [1.165, 1.54) is 18.2 Å². The standard InChI is InChI=1S/C27H41NO10/c1-10-18(8)28-27(24(30)31,38-23(29)19(9)15(2)3)14-20-11-12-21(36-25(32)34-16(4)5)22(13-20)37-26(33)35-17(6)7/h11-13,15-19,28H,10,14H2,1-9H3,(H,30,31)/t18?,19?,27-/m0/s1. The van der Waals surface area contributed by atoms with E-state index in [4.69, 9.17) is 23.7 Å². The van der Waals surface area contributed by atoms with Crippen molar-refractivity contribution >= 4 is 24.2 Å². The summed E-state index contributed by atoms with van der Waals surface area (Å²) >= 11 is 0. The molecule has 0 saturated carbocycles. The molecule has 0 aliphatic heterocycles. The van der Waals surface area contributed by atoms with E-state index in [9.17, 15) is 24.3 Å². The van der Waals surface area contributed by atoms with Gasteiger partial charge in [-0.2, -0.15) is 0 Å². The van der Waals surface area contributed by atoms with Gasteiger partial charge in [-0.1, -0.05) is 33.8 Å². The van der Waals surface area contributed by atoms with Crippen LogP contribution >= 0.6 is 0 Å². The minimum Gasteiger partial charge on any atom is -0.477 e. The highest BCUT2D eigenvalue weighted by molar-refractivity contribution is 5.83. The van der Waals surface area contributed by atoms with E-state index in [0.717, 1.165) is 0 Å². The van der Waals surface area contributed by atoms with Crippen molar-refractivity contribution < 1.29 is 48.0 Å². The number of rotatable bonds is 13. The molecule has 0 radical (unpaired) electrons. The smallest absolute Gasteiger partial charge is 0.477 e. The lowest BCUT2D eigenvalue weighted by molar-refractivity contribution is -0.188. The summed E-state index contributed by atoms with van der Waals surface area (Å²) in [6.45, 7) is 15.5. The molecule has 0 aromatic heterocycles. The molecule has 1 aromatic rings. The Bertz CT molecular complexity index is 975. The number of carboxylic acids is 1. The summed E-state index contributed by atoms with van der Waals surface area (Å²) in [6, 6.07) is 3.78. The Kier molecular flexibility index (Phi) is 12.5. The zero-order chi connectivity index (χ0) is 29.2. The Hall–Kier alpha value is -3.34. The zero-order valence-electron chi connectivity index (χ0n) is 23.7. The molecule has 0 bridgehead atoms. The van der Waals surface area contributed by atoms with Crippen molar-refractivity contribution in [3.8, 4) is 11.5 Å². The normalized spacial score (nSPS) is 14.4. The first-order valence-corrected chi connectivity index (χ1v) is 12.7. The van der Waals surface area contributed by atoms with Gasteiger partial charge in [0.1, 0.15) is 0 Å². The number of carbonyl (C=O) groups excluding carboxylic acids is 3. The molecule has 0 fully saturated rings. The summed E-state index contributed by atoms with van der Waals surface area (Å²) in [5, 5.41) is 13.2. The van der Waals surface area contributed by atoms with Crippen molar-refractivity contribution in [2.45, 2.75) is 99.1 Å². The molecule has 214 valence electrons. The number of carboxylic acid groups (broad SMARTS) is 1. The fourth-order valence-corrected chi connectivity index (χ4v) is 3.06. The van der Waals surface area contributed by atoms with Crippen LogP contribution in [-0.4, -0.2) is 53.3 Å². The van der Waals surface area contributed by atoms with Gasteiger partial charge < -0.3 is 28.8 Å². The number of carbonyl (C=O) groups is 4. The van der Waals surface area contributed by atoms with E-state index in [-0.39, 0.29) is 29.9 Å². The topological polar surface area (TPSA) is 147 Å². The monoisotopic (exact) mass is 539 g/mol. The molecule has 3 atom stereocenters. The first-order valence-electron chi connectivity index (χ1n) is 12.7. The van der Waals surface area contributed by atoms with Gasteiger partial charge in [-0.3, -0.25) is 10.1 Å². The fraction of sp³-hybridized carbons (Fsp3) is 0.630. The third kappa shape index (κ3) is 10.2. The maximum absolute atomic E-state index is 12.9. The van der Waals surface area contributed by atoms with Crippen molar-refractivity contribution in [1.29, 1.82) is 0 Å². The quantitative estimate of drug-likeness (QED) is 0.150. The van der Waals surface area contributed by atoms with E-state index in [2.05, 4.69) is 5.32 Å². The molecule has 2 unspecified atom stereocenters. The number of hydrogen-bond donors (Lipinski definition) is 2. The lowest BCUT2D eigenvalue weighted by Crippen LogP contribution is -2.60. The summed E-state index contributed by atoms with van der Waals surface area (Å²) in [5.41, 5.74) is -1.81. The van der Waals surface area contributed by atoms with Crippen LogP contribution in [0.25, 0.3) is 0 Å². The molecule has 0 aliphatic carbocycles. The third-order valence-corrected chi connectivity index (χ3v) is 5.60. The maximum atomic E-state index is 12.9. The van der Waals surface area contributed by atoms with Crippen LogP contribution in [0.4, 0.5) is 9.59 Å². The van der Waals surface area contributed by atoms with Crippen molar-refractivity contribution in [3.63, 3.8) is 0 Å². The van der Waals surface area contributed by atoms with Crippen molar-refractivity contribution in [3.05, 3.63) is 23.8 Å². The number of hydrogen-bond acceptors (Lipinski definition) is 10. The molecule has 0 saturated heterocycles. The van der Waals surface area contributed by atoms with E-state index in [1.807, 2.05) is 20.8 Å². The van der Waals surface area contributed by atoms with Gasteiger partial charge in [0.15, 0.2) is 11.5 Å². The van der Waals surface area contributed by atoms with Crippen LogP contribution in [0, 0.1) is 11.8 Å². The van der Waals surface area contributed by atoms with Gasteiger partial charge in [0.2, 0.25) is 0 Å². The molecular weight excluding hydrogens is 498 g/mol. The zero-order valence-corrected chi connectivity index (χ0v) is 23.7. The van der Waals surface area contributed by atoms with Crippen molar-refractivity contribution in [2.24, 2.45) is 11.8 Å². The van der Waals surface area contributed by atoms with Crippen molar-refractivity contribution in [1.82, 2.24) is 5.32 Å². The highest BCUT2D eigenvalue weighted by Crippen LogP contribution is 2.32. The largest absolute Gasteiger partial charge is 0.514 e. The summed E-state index contributed by atoms with van der Waals surface area (Å²) in [4.78, 5) is 49.7. The minimum absolute atomic E-state index is 0.0772. The van der Waals surface area contributed by atoms with E-state index >= 15 is 0 Å². The second-order valence-electron chi connectivity index (χ2n) is 10.0. The third-order valence-electron chi connectivity index (χ3n) is 5.60. The molecule has 0 amide bonds. The van der Waals surface area contributed by atoms with Gasteiger partial charge in [-0.25, -0.2) is 14.4 Å². The molecule has 0 aliphatic rings. The first-order chi connectivity index (χ1) is 17.6. The Balaban J connectivity index is 3.50. The molecule has 11 nitrogen and oxygen atoms in total. The second kappa shape index (κ2) is 14.6. The first kappa shape index (κ1) is 32.7. The number of nitrogens with one attached hydrogen (secondary N) is 1. The Morgan fingerprint density at radius 3 is 1.84 bits per heavy atom. The highest BCUT2D eigenvalue weighted by atomic mass is 16.7. The second-order valence-corrected chi connectivity index (χ2v) is 10.0. The van der Waals surface area contributed by atoms with Gasteiger partial charge in [0, 0.05) is 12.5 Å². The lowest BCUT2D eigenvalue weighted by atomic mass is 9.97.